The van der Waals surface area contributed by atoms with Crippen molar-refractivity contribution in [3.8, 4) is 22.7 Å². The first-order chi connectivity index (χ1) is 16.5. The van der Waals surface area contributed by atoms with Gasteiger partial charge in [0.15, 0.2) is 0 Å². The van der Waals surface area contributed by atoms with E-state index in [9.17, 15) is 23.1 Å². The normalized spacial score (nSPS) is 11.5. The number of benzene rings is 3. The van der Waals surface area contributed by atoms with Gasteiger partial charge in [0.2, 0.25) is 0 Å². The maximum Gasteiger partial charge on any atom is 0.416 e. The minimum atomic E-state index is -4.40. The fraction of sp³-hybridized carbons (Fsp3) is 0.148. The molecule has 0 aliphatic carbocycles. The molecule has 0 radical (unpaired) electrons. The zero-order valence-electron chi connectivity index (χ0n) is 18.9. The Kier molecular flexibility index (Phi) is 6.63. The molecule has 1 N–H and O–H groups in total. The number of carboxylic acid groups (broad SMARTS) is 1. The van der Waals surface area contributed by atoms with Gasteiger partial charge in [-0.2, -0.15) is 13.2 Å². The summed E-state index contributed by atoms with van der Waals surface area (Å²) in [7, 11) is 0. The number of aromatic nitrogens is 1. The number of alkyl halides is 3. The van der Waals surface area contributed by atoms with Crippen LogP contribution in [0.5, 0.6) is 5.75 Å². The van der Waals surface area contributed by atoms with Crippen molar-refractivity contribution in [2.24, 2.45) is 0 Å². The number of carbonyl (C=O) groups is 1. The van der Waals surface area contributed by atoms with Crippen molar-refractivity contribution < 1.29 is 27.8 Å². The van der Waals surface area contributed by atoms with E-state index in [4.69, 9.17) is 16.3 Å². The molecule has 1 aromatic heterocycles. The van der Waals surface area contributed by atoms with Crippen molar-refractivity contribution in [2.45, 2.75) is 26.6 Å². The second kappa shape index (κ2) is 9.50. The highest BCUT2D eigenvalue weighted by Gasteiger charge is 2.30. The molecule has 1 heterocycles. The van der Waals surface area contributed by atoms with Gasteiger partial charge >= 0.3 is 12.1 Å². The molecule has 4 aromatic rings. The summed E-state index contributed by atoms with van der Waals surface area (Å²) >= 11 is 6.29. The van der Waals surface area contributed by atoms with Gasteiger partial charge in [-0.05, 0) is 79.6 Å². The lowest BCUT2D eigenvalue weighted by molar-refractivity contribution is -0.137. The fourth-order valence-electron chi connectivity index (χ4n) is 3.85. The standard InChI is InChI=1S/C27H21ClF3NO3/c1-16-3-10-21(14-22(16)26(33)34)32-17(2)4-11-24(32)23-13-20(28)9-12-25(23)35-15-18-5-7-19(8-6-18)27(29,30)31/h3-14H,15H2,1-2H3,(H,33,34). The molecule has 0 amide bonds. The number of hydrogen-bond acceptors (Lipinski definition) is 2. The maximum atomic E-state index is 12.8. The van der Waals surface area contributed by atoms with Gasteiger partial charge in [-0.15, -0.1) is 0 Å². The lowest BCUT2D eigenvalue weighted by Crippen LogP contribution is -2.06. The number of halogens is 4. The first-order valence-corrected chi connectivity index (χ1v) is 11.0. The molecule has 4 nitrogen and oxygen atoms in total. The van der Waals surface area contributed by atoms with Crippen LogP contribution in [0.2, 0.25) is 5.02 Å². The SMILES string of the molecule is Cc1ccc(-n2c(C)ccc2-c2cc(Cl)ccc2OCc2ccc(C(F)(F)F)cc2)cc1C(=O)O. The monoisotopic (exact) mass is 499 g/mol. The minimum Gasteiger partial charge on any atom is -0.488 e. The lowest BCUT2D eigenvalue weighted by atomic mass is 10.1. The van der Waals surface area contributed by atoms with Crippen molar-refractivity contribution in [3.05, 3.63) is 106 Å². The van der Waals surface area contributed by atoms with Crippen molar-refractivity contribution in [1.82, 2.24) is 4.57 Å². The van der Waals surface area contributed by atoms with E-state index in [0.29, 0.717) is 33.1 Å². The summed E-state index contributed by atoms with van der Waals surface area (Å²) < 4.78 is 46.4. The second-order valence-electron chi connectivity index (χ2n) is 8.12. The highest BCUT2D eigenvalue weighted by Crippen LogP contribution is 2.36. The van der Waals surface area contributed by atoms with E-state index in [1.807, 2.05) is 29.7 Å². The quantitative estimate of drug-likeness (QED) is 0.295. The number of carboxylic acids is 1. The van der Waals surface area contributed by atoms with E-state index in [1.165, 1.54) is 12.1 Å². The van der Waals surface area contributed by atoms with Gasteiger partial charge in [0, 0.05) is 22.0 Å². The Morgan fingerprint density at radius 3 is 2.34 bits per heavy atom. The molecule has 0 saturated carbocycles. The first-order valence-electron chi connectivity index (χ1n) is 10.7. The molecule has 3 aromatic carbocycles. The lowest BCUT2D eigenvalue weighted by Gasteiger charge is -2.17. The molecule has 0 fully saturated rings. The third-order valence-corrected chi connectivity index (χ3v) is 5.91. The molecule has 0 aliphatic heterocycles. The van der Waals surface area contributed by atoms with Gasteiger partial charge < -0.3 is 14.4 Å². The Morgan fingerprint density at radius 1 is 0.971 bits per heavy atom. The number of rotatable bonds is 6. The first kappa shape index (κ1) is 24.4. The number of aromatic carboxylic acids is 1. The van der Waals surface area contributed by atoms with E-state index in [2.05, 4.69) is 0 Å². The summed E-state index contributed by atoms with van der Waals surface area (Å²) in [4.78, 5) is 11.7. The van der Waals surface area contributed by atoms with Crippen molar-refractivity contribution in [2.75, 3.05) is 0 Å². The van der Waals surface area contributed by atoms with Gasteiger partial charge in [0.05, 0.1) is 16.8 Å². The summed E-state index contributed by atoms with van der Waals surface area (Å²) in [5.74, 6) is -0.529. The van der Waals surface area contributed by atoms with E-state index >= 15 is 0 Å². The number of hydrogen-bond donors (Lipinski definition) is 1. The predicted molar refractivity (Wildman–Crippen MR) is 128 cm³/mol. The zero-order chi connectivity index (χ0) is 25.3. The molecule has 0 atom stereocenters. The molecule has 8 heteroatoms. The molecule has 0 spiro atoms. The van der Waals surface area contributed by atoms with Gasteiger partial charge in [0.25, 0.3) is 0 Å². The molecule has 180 valence electrons. The van der Waals surface area contributed by atoms with Gasteiger partial charge in [-0.3, -0.25) is 0 Å². The van der Waals surface area contributed by atoms with Crippen LogP contribution < -0.4 is 4.74 Å². The summed E-state index contributed by atoms with van der Waals surface area (Å²) in [5, 5.41) is 10.0. The third kappa shape index (κ3) is 5.20. The van der Waals surface area contributed by atoms with Crippen LogP contribution in [0.1, 0.15) is 32.7 Å². The summed E-state index contributed by atoms with van der Waals surface area (Å²) in [5.41, 5.74) is 3.63. The van der Waals surface area contributed by atoms with Crippen LogP contribution >= 0.6 is 11.6 Å². The smallest absolute Gasteiger partial charge is 0.416 e. The summed E-state index contributed by atoms with van der Waals surface area (Å²) in [6.07, 6.45) is -4.40. The Morgan fingerprint density at radius 2 is 1.69 bits per heavy atom. The number of nitrogens with zero attached hydrogens (tertiary/aromatic N) is 1. The average molecular weight is 500 g/mol. The highest BCUT2D eigenvalue weighted by atomic mass is 35.5. The van der Waals surface area contributed by atoms with E-state index in [0.717, 1.165) is 23.5 Å². The van der Waals surface area contributed by atoms with Crippen LogP contribution in [0.3, 0.4) is 0 Å². The minimum absolute atomic E-state index is 0.0557. The molecule has 0 bridgehead atoms. The van der Waals surface area contributed by atoms with Gasteiger partial charge in [-0.25, -0.2) is 4.79 Å². The molecule has 35 heavy (non-hydrogen) atoms. The molecule has 0 saturated heterocycles. The molecular formula is C27H21ClF3NO3. The summed E-state index contributed by atoms with van der Waals surface area (Å²) in [6.45, 7) is 3.69. The molecule has 4 rings (SSSR count). The van der Waals surface area contributed by atoms with E-state index in [-0.39, 0.29) is 12.2 Å². The Balaban J connectivity index is 1.70. The van der Waals surface area contributed by atoms with Crippen LogP contribution in [0.15, 0.2) is 72.8 Å². The average Bonchev–Trinajstić information content (AvgIpc) is 3.19. The Bertz CT molecular complexity index is 1390. The molecular weight excluding hydrogens is 479 g/mol. The van der Waals surface area contributed by atoms with Crippen LogP contribution in [-0.4, -0.2) is 15.6 Å². The highest BCUT2D eigenvalue weighted by molar-refractivity contribution is 6.31. The topological polar surface area (TPSA) is 51.5 Å². The zero-order valence-corrected chi connectivity index (χ0v) is 19.6. The molecule has 0 aliphatic rings. The Labute approximate surface area is 205 Å². The van der Waals surface area contributed by atoms with E-state index in [1.54, 1.807) is 37.3 Å². The number of ether oxygens (including phenoxy) is 1. The van der Waals surface area contributed by atoms with Gasteiger partial charge in [-0.1, -0.05) is 29.8 Å². The summed E-state index contributed by atoms with van der Waals surface area (Å²) in [6, 6.07) is 18.9. The predicted octanol–water partition coefficient (Wildman–Crippen LogP) is 7.71. The number of aryl methyl sites for hydroxylation is 2. The maximum absolute atomic E-state index is 12.8. The Hall–Kier alpha value is -3.71. The van der Waals surface area contributed by atoms with Gasteiger partial charge in [0.1, 0.15) is 12.4 Å². The van der Waals surface area contributed by atoms with Crippen LogP contribution in [0, 0.1) is 13.8 Å². The largest absolute Gasteiger partial charge is 0.488 e. The fourth-order valence-corrected chi connectivity index (χ4v) is 4.02. The van der Waals surface area contributed by atoms with Crippen molar-refractivity contribution >= 4 is 17.6 Å². The van der Waals surface area contributed by atoms with Crippen molar-refractivity contribution in [3.63, 3.8) is 0 Å². The van der Waals surface area contributed by atoms with Crippen molar-refractivity contribution in [1.29, 1.82) is 0 Å². The van der Waals surface area contributed by atoms with Crippen LogP contribution in [-0.2, 0) is 12.8 Å². The van der Waals surface area contributed by atoms with Crippen LogP contribution in [0.25, 0.3) is 16.9 Å². The molecule has 0 unspecified atom stereocenters. The van der Waals surface area contributed by atoms with Crippen LogP contribution in [0.4, 0.5) is 13.2 Å². The third-order valence-electron chi connectivity index (χ3n) is 5.68. The van der Waals surface area contributed by atoms with E-state index < -0.39 is 17.7 Å². The second-order valence-corrected chi connectivity index (χ2v) is 8.56.